The molecule has 2 N–H and O–H groups in total. The predicted molar refractivity (Wildman–Crippen MR) is 38.2 cm³/mol. The molecule has 4 nitrogen and oxygen atoms in total. The Morgan fingerprint density at radius 2 is 1.73 bits per heavy atom. The normalized spacial score (nSPS) is 9.64. The van der Waals surface area contributed by atoms with E-state index >= 15 is 0 Å². The SMILES string of the molecule is C=C(CC)C(C(=O)O)C(=O)O. The average Bonchev–Trinajstić information content (AvgIpc) is 1.85. The van der Waals surface area contributed by atoms with Crippen LogP contribution in [0.1, 0.15) is 13.3 Å². The summed E-state index contributed by atoms with van der Waals surface area (Å²) in [7, 11) is 0. The summed E-state index contributed by atoms with van der Waals surface area (Å²) < 4.78 is 0. The Hall–Kier alpha value is -1.32. The number of carboxylic acids is 2. The Morgan fingerprint density at radius 3 is 1.82 bits per heavy atom. The van der Waals surface area contributed by atoms with E-state index in [2.05, 4.69) is 6.58 Å². The van der Waals surface area contributed by atoms with Crippen LogP contribution < -0.4 is 0 Å². The Morgan fingerprint density at radius 1 is 1.36 bits per heavy atom. The van der Waals surface area contributed by atoms with Gasteiger partial charge in [0, 0.05) is 0 Å². The van der Waals surface area contributed by atoms with Crippen molar-refractivity contribution in [2.45, 2.75) is 13.3 Å². The third-order valence-corrected chi connectivity index (χ3v) is 1.36. The number of hydrogen-bond acceptors (Lipinski definition) is 2. The van der Waals surface area contributed by atoms with Crippen molar-refractivity contribution in [2.24, 2.45) is 5.92 Å². The Balaban J connectivity index is 4.47. The van der Waals surface area contributed by atoms with Gasteiger partial charge in [0.2, 0.25) is 0 Å². The van der Waals surface area contributed by atoms with Crippen molar-refractivity contribution in [2.75, 3.05) is 0 Å². The number of carbonyl (C=O) groups is 2. The third kappa shape index (κ3) is 2.41. The van der Waals surface area contributed by atoms with E-state index in [9.17, 15) is 9.59 Å². The topological polar surface area (TPSA) is 74.6 Å². The molecule has 0 bridgehead atoms. The molecule has 0 amide bonds. The molecule has 0 unspecified atom stereocenters. The van der Waals surface area contributed by atoms with Gasteiger partial charge in [0.15, 0.2) is 5.92 Å². The third-order valence-electron chi connectivity index (χ3n) is 1.36. The number of carboxylic acid groups (broad SMARTS) is 2. The zero-order valence-electron chi connectivity index (χ0n) is 6.20. The van der Waals surface area contributed by atoms with Crippen LogP contribution in [0.3, 0.4) is 0 Å². The van der Waals surface area contributed by atoms with Gasteiger partial charge in [0.1, 0.15) is 0 Å². The quantitative estimate of drug-likeness (QED) is 0.467. The van der Waals surface area contributed by atoms with Crippen molar-refractivity contribution < 1.29 is 19.8 Å². The fourth-order valence-electron chi connectivity index (χ4n) is 0.659. The van der Waals surface area contributed by atoms with Crippen LogP contribution in [0.4, 0.5) is 0 Å². The lowest BCUT2D eigenvalue weighted by Gasteiger charge is -2.07. The smallest absolute Gasteiger partial charge is 0.322 e. The van der Waals surface area contributed by atoms with Gasteiger partial charge in [-0.3, -0.25) is 9.59 Å². The minimum Gasteiger partial charge on any atom is -0.480 e. The zero-order chi connectivity index (χ0) is 9.02. The summed E-state index contributed by atoms with van der Waals surface area (Å²) in [6, 6.07) is 0. The average molecular weight is 158 g/mol. The molecule has 0 aliphatic heterocycles. The molecule has 0 aliphatic rings. The van der Waals surface area contributed by atoms with Crippen LogP contribution in [0, 0.1) is 5.92 Å². The molecule has 62 valence electrons. The first-order chi connectivity index (χ1) is 5.00. The summed E-state index contributed by atoms with van der Waals surface area (Å²) in [6.45, 7) is 5.02. The Labute approximate surface area is 64.2 Å². The minimum absolute atomic E-state index is 0.213. The number of hydrogen-bond donors (Lipinski definition) is 2. The van der Waals surface area contributed by atoms with Crippen LogP contribution in [-0.4, -0.2) is 22.2 Å². The van der Waals surface area contributed by atoms with Gasteiger partial charge in [-0.15, -0.1) is 0 Å². The molecular formula is C7H10O4. The molecule has 0 aromatic heterocycles. The minimum atomic E-state index is -1.46. The van der Waals surface area contributed by atoms with Crippen LogP contribution in [0.5, 0.6) is 0 Å². The molecule has 0 atom stereocenters. The molecule has 11 heavy (non-hydrogen) atoms. The molecule has 0 saturated carbocycles. The van der Waals surface area contributed by atoms with Crippen LogP contribution in [-0.2, 0) is 9.59 Å². The Bertz CT molecular complexity index is 181. The summed E-state index contributed by atoms with van der Waals surface area (Å²) >= 11 is 0. The maximum absolute atomic E-state index is 10.3. The van der Waals surface area contributed by atoms with Crippen molar-refractivity contribution in [3.8, 4) is 0 Å². The van der Waals surface area contributed by atoms with Gasteiger partial charge in [-0.05, 0) is 6.42 Å². The molecule has 0 aromatic carbocycles. The van der Waals surface area contributed by atoms with Gasteiger partial charge in [-0.25, -0.2) is 0 Å². The molecule has 0 saturated heterocycles. The van der Waals surface area contributed by atoms with Gasteiger partial charge >= 0.3 is 11.9 Å². The zero-order valence-corrected chi connectivity index (χ0v) is 6.20. The highest BCUT2D eigenvalue weighted by molar-refractivity contribution is 5.96. The molecule has 4 heteroatoms. The van der Waals surface area contributed by atoms with Gasteiger partial charge in [-0.2, -0.15) is 0 Å². The monoisotopic (exact) mass is 158 g/mol. The van der Waals surface area contributed by atoms with Crippen LogP contribution in [0.2, 0.25) is 0 Å². The number of rotatable bonds is 4. The van der Waals surface area contributed by atoms with E-state index in [4.69, 9.17) is 10.2 Å². The van der Waals surface area contributed by atoms with E-state index in [0.29, 0.717) is 6.42 Å². The van der Waals surface area contributed by atoms with E-state index in [0.717, 1.165) is 0 Å². The molecule has 0 fully saturated rings. The fraction of sp³-hybridized carbons (Fsp3) is 0.429. The molecule has 0 heterocycles. The Kier molecular flexibility index (Phi) is 3.30. The summed E-state index contributed by atoms with van der Waals surface area (Å²) in [5.74, 6) is -4.17. The molecular weight excluding hydrogens is 148 g/mol. The summed E-state index contributed by atoms with van der Waals surface area (Å²) in [5.41, 5.74) is 0.213. The van der Waals surface area contributed by atoms with Crippen LogP contribution >= 0.6 is 0 Å². The fourth-order valence-corrected chi connectivity index (χ4v) is 0.659. The predicted octanol–water partition coefficient (Wildman–Crippen LogP) is 0.738. The molecule has 0 aliphatic carbocycles. The van der Waals surface area contributed by atoms with E-state index in [1.807, 2.05) is 0 Å². The lowest BCUT2D eigenvalue weighted by Crippen LogP contribution is -2.24. The second-order valence-corrected chi connectivity index (χ2v) is 2.12. The van der Waals surface area contributed by atoms with E-state index in [1.54, 1.807) is 6.92 Å². The first-order valence-corrected chi connectivity index (χ1v) is 3.14. The first kappa shape index (κ1) is 9.68. The molecule has 0 aromatic rings. The summed E-state index contributed by atoms with van der Waals surface area (Å²) in [5, 5.41) is 16.8. The molecule has 0 radical (unpaired) electrons. The summed E-state index contributed by atoms with van der Waals surface area (Å²) in [4.78, 5) is 20.6. The maximum Gasteiger partial charge on any atom is 0.322 e. The van der Waals surface area contributed by atoms with Crippen molar-refractivity contribution >= 4 is 11.9 Å². The van der Waals surface area contributed by atoms with Crippen LogP contribution in [0.15, 0.2) is 12.2 Å². The van der Waals surface area contributed by atoms with Gasteiger partial charge in [0.05, 0.1) is 0 Å². The van der Waals surface area contributed by atoms with Crippen molar-refractivity contribution in [3.05, 3.63) is 12.2 Å². The van der Waals surface area contributed by atoms with Gasteiger partial charge in [0.25, 0.3) is 0 Å². The first-order valence-electron chi connectivity index (χ1n) is 3.14. The number of aliphatic carboxylic acids is 2. The van der Waals surface area contributed by atoms with E-state index < -0.39 is 17.9 Å². The highest BCUT2D eigenvalue weighted by atomic mass is 16.4. The second-order valence-electron chi connectivity index (χ2n) is 2.12. The highest BCUT2D eigenvalue weighted by Gasteiger charge is 2.27. The second kappa shape index (κ2) is 3.75. The molecule has 0 spiro atoms. The van der Waals surface area contributed by atoms with Gasteiger partial charge < -0.3 is 10.2 Å². The lowest BCUT2D eigenvalue weighted by atomic mass is 9.99. The van der Waals surface area contributed by atoms with E-state index in [-0.39, 0.29) is 5.57 Å². The van der Waals surface area contributed by atoms with Crippen molar-refractivity contribution in [3.63, 3.8) is 0 Å². The van der Waals surface area contributed by atoms with Crippen LogP contribution in [0.25, 0.3) is 0 Å². The maximum atomic E-state index is 10.3. The van der Waals surface area contributed by atoms with E-state index in [1.165, 1.54) is 0 Å². The summed E-state index contributed by atoms with van der Waals surface area (Å²) in [6.07, 6.45) is 0.364. The highest BCUT2D eigenvalue weighted by Crippen LogP contribution is 2.12. The lowest BCUT2D eigenvalue weighted by molar-refractivity contribution is -0.152. The van der Waals surface area contributed by atoms with Crippen molar-refractivity contribution in [1.82, 2.24) is 0 Å². The van der Waals surface area contributed by atoms with Crippen molar-refractivity contribution in [1.29, 1.82) is 0 Å². The largest absolute Gasteiger partial charge is 0.480 e. The standard InChI is InChI=1S/C7H10O4/c1-3-4(2)5(6(8)9)7(10)11/h5H,2-3H2,1H3,(H,8,9)(H,10,11). The van der Waals surface area contributed by atoms with Gasteiger partial charge in [-0.1, -0.05) is 19.1 Å². The molecule has 0 rings (SSSR count).